The first-order valence-electron chi connectivity index (χ1n) is 4.83. The Labute approximate surface area is 118 Å². The summed E-state index contributed by atoms with van der Waals surface area (Å²) in [6.45, 7) is 1.78. The van der Waals surface area contributed by atoms with Crippen LogP contribution in [0.5, 0.6) is 0 Å². The van der Waals surface area contributed by atoms with Crippen LogP contribution in [0.25, 0.3) is 0 Å². The predicted molar refractivity (Wildman–Crippen MR) is 69.5 cm³/mol. The molecule has 1 N–H and O–H groups in total. The van der Waals surface area contributed by atoms with E-state index in [4.69, 9.17) is 51.5 Å². The van der Waals surface area contributed by atoms with Crippen LogP contribution in [-0.4, -0.2) is 15.4 Å². The second-order valence-electron chi connectivity index (χ2n) is 4.08. The Morgan fingerprint density at radius 1 is 1.29 bits per heavy atom. The van der Waals surface area contributed by atoms with Crippen LogP contribution >= 0.6 is 46.4 Å². The third-order valence-corrected chi connectivity index (χ3v) is 4.71. The molecule has 0 heterocycles. The summed E-state index contributed by atoms with van der Waals surface area (Å²) in [6.07, 6.45) is 0. The molecule has 0 bridgehead atoms. The van der Waals surface area contributed by atoms with Crippen molar-refractivity contribution < 1.29 is 9.90 Å². The summed E-state index contributed by atoms with van der Waals surface area (Å²) in [6, 6.07) is 3.33. The molecule has 2 atom stereocenters. The third kappa shape index (κ3) is 2.12. The maximum absolute atomic E-state index is 11.0. The number of rotatable bonds is 2. The fourth-order valence-electron chi connectivity index (χ4n) is 1.89. The van der Waals surface area contributed by atoms with Gasteiger partial charge in [0.1, 0.15) is 4.33 Å². The minimum Gasteiger partial charge on any atom is -0.481 e. The van der Waals surface area contributed by atoms with E-state index in [-0.39, 0.29) is 0 Å². The molecule has 0 spiro atoms. The number of hydrogen-bond acceptors (Lipinski definition) is 1. The Bertz CT molecular complexity index is 475. The number of carbonyl (C=O) groups is 1. The van der Waals surface area contributed by atoms with Crippen molar-refractivity contribution in [1.29, 1.82) is 0 Å². The molecule has 2 nitrogen and oxygen atoms in total. The number of alkyl halides is 2. The Balaban J connectivity index is 2.41. The van der Waals surface area contributed by atoms with Crippen LogP contribution in [0.15, 0.2) is 12.1 Å². The molecule has 1 aliphatic rings. The molecule has 1 fully saturated rings. The Hall–Kier alpha value is -0.150. The first-order chi connectivity index (χ1) is 7.76. The number of aliphatic carboxylic acids is 1. The van der Waals surface area contributed by atoms with Gasteiger partial charge < -0.3 is 5.11 Å². The lowest BCUT2D eigenvalue weighted by atomic mass is 10.1. The van der Waals surface area contributed by atoms with Crippen molar-refractivity contribution in [1.82, 2.24) is 0 Å². The quantitative estimate of drug-likeness (QED) is 0.828. The first kappa shape index (κ1) is 13.3. The van der Waals surface area contributed by atoms with Crippen molar-refractivity contribution in [3.05, 3.63) is 33.3 Å². The zero-order valence-electron chi connectivity index (χ0n) is 8.68. The van der Waals surface area contributed by atoms with Gasteiger partial charge in [-0.1, -0.05) is 46.4 Å². The normalized spacial score (nSPS) is 25.7. The molecule has 0 aliphatic heterocycles. The van der Waals surface area contributed by atoms with Crippen molar-refractivity contribution in [2.75, 3.05) is 0 Å². The number of carboxylic acids is 1. The van der Waals surface area contributed by atoms with Gasteiger partial charge in [0, 0.05) is 16.0 Å². The molecular weight excluding hydrogens is 306 g/mol. The molecule has 1 aromatic rings. The van der Waals surface area contributed by atoms with Gasteiger partial charge in [0.2, 0.25) is 0 Å². The van der Waals surface area contributed by atoms with E-state index in [0.717, 1.165) is 5.56 Å². The topological polar surface area (TPSA) is 37.3 Å². The zero-order chi connectivity index (χ0) is 13.0. The molecule has 92 valence electrons. The second-order valence-corrected chi connectivity index (χ2v) is 6.34. The lowest BCUT2D eigenvalue weighted by molar-refractivity contribution is -0.138. The van der Waals surface area contributed by atoms with Gasteiger partial charge in [-0.15, -0.1) is 0 Å². The highest BCUT2D eigenvalue weighted by Gasteiger charge is 2.68. The van der Waals surface area contributed by atoms with Gasteiger partial charge in [0.05, 0.1) is 5.92 Å². The minimum absolute atomic E-state index is 0.473. The van der Waals surface area contributed by atoms with Gasteiger partial charge in [-0.3, -0.25) is 4.79 Å². The van der Waals surface area contributed by atoms with Crippen molar-refractivity contribution in [3.63, 3.8) is 0 Å². The van der Waals surface area contributed by atoms with E-state index in [9.17, 15) is 4.79 Å². The van der Waals surface area contributed by atoms with Crippen molar-refractivity contribution in [3.8, 4) is 0 Å². The van der Waals surface area contributed by atoms with Crippen LogP contribution in [0.1, 0.15) is 17.0 Å². The van der Waals surface area contributed by atoms with Crippen LogP contribution < -0.4 is 0 Å². The summed E-state index contributed by atoms with van der Waals surface area (Å²) in [5, 5.41) is 9.94. The molecule has 0 amide bonds. The SMILES string of the molecule is Cc1c(Cl)cc(C2C(C(=O)O)C2(Cl)Cl)cc1Cl. The maximum atomic E-state index is 11.0. The maximum Gasteiger partial charge on any atom is 0.310 e. The van der Waals surface area contributed by atoms with E-state index in [1.807, 2.05) is 0 Å². The fraction of sp³-hybridized carbons (Fsp3) is 0.364. The second kappa shape index (κ2) is 4.20. The van der Waals surface area contributed by atoms with Crippen LogP contribution in [0.2, 0.25) is 10.0 Å². The summed E-state index contributed by atoms with van der Waals surface area (Å²) in [5.74, 6) is -2.31. The van der Waals surface area contributed by atoms with Crippen molar-refractivity contribution >= 4 is 52.4 Å². The third-order valence-electron chi connectivity index (χ3n) is 2.98. The highest BCUT2D eigenvalue weighted by atomic mass is 35.5. The Kier molecular flexibility index (Phi) is 3.28. The van der Waals surface area contributed by atoms with Crippen molar-refractivity contribution in [2.45, 2.75) is 17.2 Å². The Morgan fingerprint density at radius 3 is 2.12 bits per heavy atom. The summed E-state index contributed by atoms with van der Waals surface area (Å²) in [7, 11) is 0. The zero-order valence-corrected chi connectivity index (χ0v) is 11.7. The first-order valence-corrected chi connectivity index (χ1v) is 6.34. The lowest BCUT2D eigenvalue weighted by Gasteiger charge is -2.06. The Morgan fingerprint density at radius 2 is 1.76 bits per heavy atom. The number of hydrogen-bond donors (Lipinski definition) is 1. The molecule has 0 aromatic heterocycles. The number of carboxylic acid groups (broad SMARTS) is 1. The van der Waals surface area contributed by atoms with Gasteiger partial charge in [0.25, 0.3) is 0 Å². The van der Waals surface area contributed by atoms with Crippen molar-refractivity contribution in [2.24, 2.45) is 5.92 Å². The van der Waals surface area contributed by atoms with E-state index in [1.54, 1.807) is 19.1 Å². The predicted octanol–water partition coefficient (Wildman–Crippen LogP) is 4.27. The molecule has 17 heavy (non-hydrogen) atoms. The standard InChI is InChI=1S/C11H8Cl4O2/c1-4-6(12)2-5(3-7(4)13)8-9(10(16)17)11(8,14)15/h2-3,8-9H,1H3,(H,16,17). The van der Waals surface area contributed by atoms with Gasteiger partial charge in [-0.25, -0.2) is 0 Å². The van der Waals surface area contributed by atoms with Crippen LogP contribution in [-0.2, 0) is 4.79 Å². The lowest BCUT2D eigenvalue weighted by Crippen LogP contribution is -2.03. The molecule has 1 aromatic carbocycles. The van der Waals surface area contributed by atoms with E-state index in [1.165, 1.54) is 0 Å². The molecule has 1 aliphatic carbocycles. The average Bonchev–Trinajstić information content (AvgIpc) is 2.77. The average molecular weight is 314 g/mol. The monoisotopic (exact) mass is 312 g/mol. The molecule has 0 saturated heterocycles. The van der Waals surface area contributed by atoms with E-state index in [2.05, 4.69) is 0 Å². The summed E-state index contributed by atoms with van der Waals surface area (Å²) < 4.78 is -1.28. The summed E-state index contributed by atoms with van der Waals surface area (Å²) in [5.41, 5.74) is 1.40. The molecule has 1 saturated carbocycles. The molecule has 6 heteroatoms. The van der Waals surface area contributed by atoms with E-state index >= 15 is 0 Å². The minimum atomic E-state index is -1.28. The number of halogens is 4. The molecular formula is C11H8Cl4O2. The highest BCUT2D eigenvalue weighted by Crippen LogP contribution is 2.65. The largest absolute Gasteiger partial charge is 0.481 e. The number of benzene rings is 1. The fourth-order valence-corrected chi connectivity index (χ4v) is 3.21. The van der Waals surface area contributed by atoms with Gasteiger partial charge in [-0.05, 0) is 30.2 Å². The molecule has 0 radical (unpaired) electrons. The van der Waals surface area contributed by atoms with E-state index in [0.29, 0.717) is 15.6 Å². The summed E-state index contributed by atoms with van der Waals surface area (Å²) >= 11 is 23.9. The van der Waals surface area contributed by atoms with Crippen LogP contribution in [0, 0.1) is 12.8 Å². The van der Waals surface area contributed by atoms with Gasteiger partial charge in [-0.2, -0.15) is 0 Å². The van der Waals surface area contributed by atoms with Gasteiger partial charge >= 0.3 is 5.97 Å². The van der Waals surface area contributed by atoms with Gasteiger partial charge in [0.15, 0.2) is 0 Å². The highest BCUT2D eigenvalue weighted by molar-refractivity contribution is 6.53. The van der Waals surface area contributed by atoms with Crippen LogP contribution in [0.4, 0.5) is 0 Å². The molecule has 2 rings (SSSR count). The smallest absolute Gasteiger partial charge is 0.310 e. The molecule has 2 unspecified atom stereocenters. The van der Waals surface area contributed by atoms with E-state index < -0.39 is 22.1 Å². The van der Waals surface area contributed by atoms with Crippen LogP contribution in [0.3, 0.4) is 0 Å². The summed E-state index contributed by atoms with van der Waals surface area (Å²) in [4.78, 5) is 11.0.